The van der Waals surface area contributed by atoms with Crippen molar-refractivity contribution in [1.29, 1.82) is 0 Å². The maximum atomic E-state index is 10.7. The maximum absolute atomic E-state index is 10.7. The molecule has 1 aliphatic heterocycles. The standard InChI is InChI=1S/C17H35N.CHF3O3S/c1-3-4-5-6-7-8-9-10-12-15-18-16-13-11-14-17(18)2;2-1(3,4)8(5,6)7/h17H,3-16H2,1-2H3;(H,5,6,7). The van der Waals surface area contributed by atoms with Gasteiger partial charge < -0.3 is 9.45 Å². The van der Waals surface area contributed by atoms with Crippen molar-refractivity contribution >= 4 is 10.1 Å². The highest BCUT2D eigenvalue weighted by molar-refractivity contribution is 7.86. The monoisotopic (exact) mass is 403 g/mol. The first-order chi connectivity index (χ1) is 12.1. The molecular weight excluding hydrogens is 367 g/mol. The van der Waals surface area contributed by atoms with Gasteiger partial charge in [-0.05, 0) is 39.0 Å². The molecular formula is C18H36F3NO3S. The Bertz CT molecular complexity index is 441. The number of unbranched alkanes of at least 4 members (excludes halogenated alkanes) is 8. The summed E-state index contributed by atoms with van der Waals surface area (Å²) in [7, 11) is -6.09. The molecule has 8 heteroatoms. The van der Waals surface area contributed by atoms with Crippen molar-refractivity contribution < 1.29 is 31.0 Å². The van der Waals surface area contributed by atoms with Crippen LogP contribution in [0.5, 0.6) is 0 Å². The van der Waals surface area contributed by atoms with Gasteiger partial charge in [-0.25, -0.2) is 8.42 Å². The van der Waals surface area contributed by atoms with Gasteiger partial charge in [-0.3, -0.25) is 0 Å². The summed E-state index contributed by atoms with van der Waals surface area (Å²) in [5.41, 5.74) is -5.65. The minimum atomic E-state index is -6.09. The minimum absolute atomic E-state index is 0.938. The largest absolute Gasteiger partial charge is 0.741 e. The van der Waals surface area contributed by atoms with E-state index in [2.05, 4.69) is 13.8 Å². The number of rotatable bonds is 10. The zero-order valence-electron chi connectivity index (χ0n) is 16.2. The molecule has 0 spiro atoms. The zero-order chi connectivity index (χ0) is 20.1. The summed E-state index contributed by atoms with van der Waals surface area (Å²) >= 11 is 0. The van der Waals surface area contributed by atoms with Crippen LogP contribution in [-0.2, 0) is 10.1 Å². The molecule has 1 N–H and O–H groups in total. The van der Waals surface area contributed by atoms with Gasteiger partial charge in [0.15, 0.2) is 10.1 Å². The van der Waals surface area contributed by atoms with Crippen LogP contribution in [0.4, 0.5) is 13.2 Å². The summed E-state index contributed by atoms with van der Waals surface area (Å²) in [6.45, 7) is 7.63. The number of likely N-dealkylation sites (tertiary alicyclic amines) is 1. The number of halogens is 3. The van der Waals surface area contributed by atoms with Crippen molar-refractivity contribution in [3.63, 3.8) is 0 Å². The van der Waals surface area contributed by atoms with Crippen LogP contribution in [0.3, 0.4) is 0 Å². The maximum Gasteiger partial charge on any atom is 0.485 e. The third kappa shape index (κ3) is 12.9. The lowest BCUT2D eigenvalue weighted by atomic mass is 10.0. The number of piperidine rings is 1. The lowest BCUT2D eigenvalue weighted by molar-refractivity contribution is -0.928. The normalized spacial score (nSPS) is 21.2. The van der Waals surface area contributed by atoms with Gasteiger partial charge in [-0.1, -0.05) is 51.9 Å². The van der Waals surface area contributed by atoms with E-state index in [1.54, 1.807) is 0 Å². The smallest absolute Gasteiger partial charge is 0.485 e. The van der Waals surface area contributed by atoms with E-state index in [4.69, 9.17) is 13.0 Å². The third-order valence-corrected chi connectivity index (χ3v) is 5.53. The van der Waals surface area contributed by atoms with Crippen LogP contribution in [0.25, 0.3) is 0 Å². The Morgan fingerprint density at radius 1 is 0.962 bits per heavy atom. The molecule has 0 aromatic heterocycles. The zero-order valence-corrected chi connectivity index (χ0v) is 17.1. The van der Waals surface area contributed by atoms with Gasteiger partial charge in [-0.15, -0.1) is 0 Å². The lowest BCUT2D eigenvalue weighted by Gasteiger charge is -2.30. The number of alkyl halides is 3. The molecule has 0 aromatic carbocycles. The molecule has 2 atom stereocenters. The van der Waals surface area contributed by atoms with Gasteiger partial charge in [0.05, 0.1) is 19.1 Å². The second kappa shape index (κ2) is 13.8. The highest BCUT2D eigenvalue weighted by Gasteiger charge is 2.36. The second-order valence-electron chi connectivity index (χ2n) is 7.28. The molecule has 26 heavy (non-hydrogen) atoms. The van der Waals surface area contributed by atoms with E-state index < -0.39 is 15.6 Å². The highest BCUT2D eigenvalue weighted by atomic mass is 32.2. The van der Waals surface area contributed by atoms with Gasteiger partial charge >= 0.3 is 5.51 Å². The van der Waals surface area contributed by atoms with E-state index in [1.807, 2.05) is 4.90 Å². The molecule has 1 fully saturated rings. The minimum Gasteiger partial charge on any atom is -0.741 e. The molecule has 1 rings (SSSR count). The number of nitrogens with one attached hydrogen (secondary N) is 1. The fourth-order valence-corrected chi connectivity index (χ4v) is 3.29. The molecule has 4 nitrogen and oxygen atoms in total. The number of hydrogen-bond donors (Lipinski definition) is 1. The van der Waals surface area contributed by atoms with Crippen molar-refractivity contribution in [2.45, 2.75) is 102 Å². The summed E-state index contributed by atoms with van der Waals surface area (Å²) < 4.78 is 58.9. The summed E-state index contributed by atoms with van der Waals surface area (Å²) in [4.78, 5) is 1.89. The Labute approximate surface area is 157 Å². The molecule has 0 saturated carbocycles. The van der Waals surface area contributed by atoms with Crippen molar-refractivity contribution in [3.8, 4) is 0 Å². The second-order valence-corrected chi connectivity index (χ2v) is 8.65. The van der Waals surface area contributed by atoms with Gasteiger partial charge in [0.1, 0.15) is 0 Å². The van der Waals surface area contributed by atoms with Crippen LogP contribution in [0, 0.1) is 0 Å². The SMILES string of the molecule is CCCCCCCCCCC[NH+]1CCCCC1C.O=S(=O)([O-])C(F)(F)F. The van der Waals surface area contributed by atoms with Crippen LogP contribution < -0.4 is 4.90 Å². The van der Waals surface area contributed by atoms with Crippen molar-refractivity contribution in [1.82, 2.24) is 0 Å². The molecule has 2 unspecified atom stereocenters. The Hall–Kier alpha value is -0.340. The fourth-order valence-electron chi connectivity index (χ4n) is 3.29. The van der Waals surface area contributed by atoms with Gasteiger partial charge in [0, 0.05) is 0 Å². The first kappa shape index (κ1) is 25.7. The summed E-state index contributed by atoms with van der Waals surface area (Å²) in [6, 6.07) is 0.938. The topological polar surface area (TPSA) is 61.6 Å². The quantitative estimate of drug-likeness (QED) is 0.340. The van der Waals surface area contributed by atoms with Gasteiger partial charge in [0.2, 0.25) is 0 Å². The van der Waals surface area contributed by atoms with Crippen LogP contribution in [-0.4, -0.2) is 37.6 Å². The molecule has 0 aliphatic carbocycles. The van der Waals surface area contributed by atoms with Gasteiger partial charge in [-0.2, -0.15) is 13.2 Å². The molecule has 0 amide bonds. The Morgan fingerprint density at radius 3 is 1.85 bits per heavy atom. The van der Waals surface area contributed by atoms with Crippen molar-refractivity contribution in [3.05, 3.63) is 0 Å². The lowest BCUT2D eigenvalue weighted by Crippen LogP contribution is -3.16. The van der Waals surface area contributed by atoms with Crippen LogP contribution in [0.2, 0.25) is 0 Å². The molecule has 0 radical (unpaired) electrons. The number of hydrogen-bond acceptors (Lipinski definition) is 3. The van der Waals surface area contributed by atoms with Crippen LogP contribution >= 0.6 is 0 Å². The molecule has 1 aliphatic rings. The molecule has 158 valence electrons. The molecule has 1 heterocycles. The molecule has 0 aromatic rings. The van der Waals surface area contributed by atoms with E-state index >= 15 is 0 Å². The highest BCUT2D eigenvalue weighted by Crippen LogP contribution is 2.20. The Morgan fingerprint density at radius 2 is 1.42 bits per heavy atom. The average molecular weight is 404 g/mol. The predicted molar refractivity (Wildman–Crippen MR) is 97.0 cm³/mol. The Balaban J connectivity index is 0.000000660. The van der Waals surface area contributed by atoms with Crippen molar-refractivity contribution in [2.24, 2.45) is 0 Å². The Kier molecular flexibility index (Phi) is 13.6. The van der Waals surface area contributed by atoms with E-state index in [1.165, 1.54) is 90.1 Å². The molecule has 1 saturated heterocycles. The first-order valence-corrected chi connectivity index (χ1v) is 11.4. The van der Waals surface area contributed by atoms with E-state index in [0.29, 0.717) is 0 Å². The number of quaternary nitrogens is 1. The molecule has 0 bridgehead atoms. The summed E-state index contributed by atoms with van der Waals surface area (Å²) in [5, 5.41) is 0. The summed E-state index contributed by atoms with van der Waals surface area (Å²) in [5.74, 6) is 0. The van der Waals surface area contributed by atoms with Crippen LogP contribution in [0.1, 0.15) is 90.9 Å². The third-order valence-electron chi connectivity index (χ3n) is 4.97. The first-order valence-electron chi connectivity index (χ1n) is 9.96. The van der Waals surface area contributed by atoms with E-state index in [-0.39, 0.29) is 0 Å². The van der Waals surface area contributed by atoms with Crippen molar-refractivity contribution in [2.75, 3.05) is 13.1 Å². The van der Waals surface area contributed by atoms with Gasteiger partial charge in [0.25, 0.3) is 0 Å². The fraction of sp³-hybridized carbons (Fsp3) is 1.00. The van der Waals surface area contributed by atoms with E-state index in [0.717, 1.165) is 6.04 Å². The van der Waals surface area contributed by atoms with E-state index in [9.17, 15) is 13.2 Å². The average Bonchev–Trinajstić information content (AvgIpc) is 2.53. The summed E-state index contributed by atoms with van der Waals surface area (Å²) in [6.07, 6.45) is 17.5. The predicted octanol–water partition coefficient (Wildman–Crippen LogP) is 4.03. The van der Waals surface area contributed by atoms with Crippen LogP contribution in [0.15, 0.2) is 0 Å².